The third-order valence-corrected chi connectivity index (χ3v) is 11.2. The quantitative estimate of drug-likeness (QED) is 0.351. The molecule has 0 unspecified atom stereocenters. The molecular weight excluding hydrogens is 432 g/mol. The minimum atomic E-state index is -2.39. The molecule has 0 saturated carbocycles. The molecule has 0 bridgehead atoms. The lowest BCUT2D eigenvalue weighted by atomic mass is 10.1. The SMILES string of the molecule is Clc1cccc2c1-c1cc(Br)ccc1[Si]2(c1ccccc1)c1ccccc1. The van der Waals surface area contributed by atoms with E-state index in [1.807, 2.05) is 6.07 Å². The van der Waals surface area contributed by atoms with Crippen molar-refractivity contribution in [2.24, 2.45) is 0 Å². The van der Waals surface area contributed by atoms with Gasteiger partial charge in [-0.3, -0.25) is 0 Å². The van der Waals surface area contributed by atoms with Gasteiger partial charge in [0.1, 0.15) is 0 Å². The van der Waals surface area contributed by atoms with E-state index < -0.39 is 8.07 Å². The molecule has 0 aromatic heterocycles. The predicted octanol–water partition coefficient (Wildman–Crippen LogP) is 4.46. The molecule has 130 valence electrons. The van der Waals surface area contributed by atoms with Crippen molar-refractivity contribution in [2.45, 2.75) is 0 Å². The van der Waals surface area contributed by atoms with E-state index >= 15 is 0 Å². The Morgan fingerprint density at radius 3 is 1.89 bits per heavy atom. The number of fused-ring (bicyclic) bond motifs is 3. The van der Waals surface area contributed by atoms with Crippen LogP contribution in [-0.4, -0.2) is 8.07 Å². The summed E-state index contributed by atoms with van der Waals surface area (Å²) in [4.78, 5) is 0. The summed E-state index contributed by atoms with van der Waals surface area (Å²) >= 11 is 10.4. The molecule has 4 aromatic rings. The first-order valence-corrected chi connectivity index (χ1v) is 12.1. The van der Waals surface area contributed by atoms with E-state index in [-0.39, 0.29) is 0 Å². The Labute approximate surface area is 173 Å². The normalized spacial score (nSPS) is 13.9. The number of rotatable bonds is 2. The molecule has 1 aliphatic heterocycles. The average molecular weight is 448 g/mol. The van der Waals surface area contributed by atoms with Gasteiger partial charge in [-0.15, -0.1) is 0 Å². The summed E-state index contributed by atoms with van der Waals surface area (Å²) in [5, 5.41) is 6.39. The van der Waals surface area contributed by atoms with E-state index in [0.717, 1.165) is 9.50 Å². The zero-order valence-corrected chi connectivity index (χ0v) is 17.8. The fourth-order valence-corrected chi connectivity index (χ4v) is 10.4. The maximum absolute atomic E-state index is 6.76. The molecule has 0 fully saturated rings. The summed E-state index contributed by atoms with van der Waals surface area (Å²) in [6.07, 6.45) is 0. The van der Waals surface area contributed by atoms with Gasteiger partial charge in [0, 0.05) is 15.1 Å². The molecule has 0 spiro atoms. The zero-order valence-electron chi connectivity index (χ0n) is 14.5. The van der Waals surface area contributed by atoms with Crippen molar-refractivity contribution in [1.29, 1.82) is 0 Å². The lowest BCUT2D eigenvalue weighted by molar-refractivity contribution is 1.66. The second kappa shape index (κ2) is 6.49. The molecule has 5 rings (SSSR count). The Hall–Kier alpha value is -2.13. The summed E-state index contributed by atoms with van der Waals surface area (Å²) in [6.45, 7) is 0. The van der Waals surface area contributed by atoms with Crippen LogP contribution in [-0.2, 0) is 0 Å². The smallest absolute Gasteiger partial charge is 0.0837 e. The van der Waals surface area contributed by atoms with Crippen LogP contribution in [0.2, 0.25) is 5.02 Å². The fraction of sp³-hybridized carbons (Fsp3) is 0. The van der Waals surface area contributed by atoms with E-state index in [4.69, 9.17) is 11.6 Å². The number of halogens is 2. The van der Waals surface area contributed by atoms with Crippen molar-refractivity contribution in [3.63, 3.8) is 0 Å². The molecule has 0 N–H and O–H groups in total. The average Bonchev–Trinajstić information content (AvgIpc) is 3.01. The Morgan fingerprint density at radius 2 is 1.26 bits per heavy atom. The van der Waals surface area contributed by atoms with Crippen LogP contribution in [0.3, 0.4) is 0 Å². The van der Waals surface area contributed by atoms with Gasteiger partial charge in [-0.2, -0.15) is 0 Å². The van der Waals surface area contributed by atoms with Crippen LogP contribution in [0.4, 0.5) is 0 Å². The third-order valence-electron chi connectivity index (χ3n) is 5.49. The minimum absolute atomic E-state index is 0.827. The fourth-order valence-electron chi connectivity index (χ4n) is 4.47. The highest BCUT2D eigenvalue weighted by Crippen LogP contribution is 2.35. The maximum atomic E-state index is 6.76. The minimum Gasteiger partial charge on any atom is -0.0837 e. The Bertz CT molecular complexity index is 1100. The van der Waals surface area contributed by atoms with Gasteiger partial charge in [-0.1, -0.05) is 106 Å². The molecular formula is C24H16BrClSi. The lowest BCUT2D eigenvalue weighted by Gasteiger charge is -2.31. The van der Waals surface area contributed by atoms with Crippen molar-refractivity contribution in [1.82, 2.24) is 0 Å². The largest absolute Gasteiger partial charge is 0.180 e. The molecule has 27 heavy (non-hydrogen) atoms. The van der Waals surface area contributed by atoms with Crippen LogP contribution in [0.25, 0.3) is 11.1 Å². The van der Waals surface area contributed by atoms with E-state index in [1.165, 1.54) is 31.9 Å². The summed E-state index contributed by atoms with van der Waals surface area (Å²) in [5.74, 6) is 0. The molecule has 1 heterocycles. The van der Waals surface area contributed by atoms with Gasteiger partial charge >= 0.3 is 0 Å². The van der Waals surface area contributed by atoms with Gasteiger partial charge in [0.2, 0.25) is 0 Å². The standard InChI is InChI=1S/C24H16BrClSi/c25-17-14-15-22-20(16-17)24-21(26)12-7-13-23(24)27(22,18-8-3-1-4-9-18)19-10-5-2-6-11-19/h1-16H. The summed E-state index contributed by atoms with van der Waals surface area (Å²) in [6, 6.07) is 34.9. The molecule has 3 heteroatoms. The molecule has 0 radical (unpaired) electrons. The van der Waals surface area contributed by atoms with Crippen LogP contribution in [0.15, 0.2) is 102 Å². The lowest BCUT2D eigenvalue weighted by Crippen LogP contribution is -2.72. The molecule has 0 nitrogen and oxygen atoms in total. The highest BCUT2D eigenvalue weighted by atomic mass is 79.9. The van der Waals surface area contributed by atoms with Gasteiger partial charge in [0.05, 0.1) is 0 Å². The first-order valence-electron chi connectivity index (χ1n) is 8.93. The van der Waals surface area contributed by atoms with Crippen molar-refractivity contribution in [2.75, 3.05) is 0 Å². The van der Waals surface area contributed by atoms with Gasteiger partial charge in [0.15, 0.2) is 8.07 Å². The molecule has 0 atom stereocenters. The van der Waals surface area contributed by atoms with Crippen molar-refractivity contribution < 1.29 is 0 Å². The second-order valence-corrected chi connectivity index (χ2v) is 11.9. The van der Waals surface area contributed by atoms with Crippen LogP contribution >= 0.6 is 27.5 Å². The van der Waals surface area contributed by atoms with Crippen molar-refractivity contribution in [3.8, 4) is 11.1 Å². The van der Waals surface area contributed by atoms with Crippen LogP contribution in [0, 0.1) is 0 Å². The molecule has 4 aromatic carbocycles. The van der Waals surface area contributed by atoms with Gasteiger partial charge in [-0.25, -0.2) is 0 Å². The van der Waals surface area contributed by atoms with Gasteiger partial charge in [0.25, 0.3) is 0 Å². The monoisotopic (exact) mass is 446 g/mol. The van der Waals surface area contributed by atoms with Crippen LogP contribution in [0.1, 0.15) is 0 Å². The molecule has 0 aliphatic carbocycles. The van der Waals surface area contributed by atoms with E-state index in [1.54, 1.807) is 0 Å². The topological polar surface area (TPSA) is 0 Å². The predicted molar refractivity (Wildman–Crippen MR) is 122 cm³/mol. The highest BCUT2D eigenvalue weighted by Gasteiger charge is 2.49. The Kier molecular flexibility index (Phi) is 4.08. The summed E-state index contributed by atoms with van der Waals surface area (Å²) < 4.78 is 1.08. The van der Waals surface area contributed by atoms with E-state index in [9.17, 15) is 0 Å². The zero-order chi connectivity index (χ0) is 18.4. The Balaban J connectivity index is 2.00. The van der Waals surface area contributed by atoms with Crippen molar-refractivity contribution in [3.05, 3.63) is 107 Å². The van der Waals surface area contributed by atoms with Crippen molar-refractivity contribution >= 4 is 56.4 Å². The summed E-state index contributed by atoms with van der Waals surface area (Å²) in [5.41, 5.74) is 2.44. The van der Waals surface area contributed by atoms with Gasteiger partial charge < -0.3 is 0 Å². The van der Waals surface area contributed by atoms with E-state index in [2.05, 4.69) is 107 Å². The molecule has 0 saturated heterocycles. The van der Waals surface area contributed by atoms with Crippen LogP contribution < -0.4 is 20.7 Å². The maximum Gasteiger partial charge on any atom is 0.180 e. The Morgan fingerprint density at radius 1 is 0.630 bits per heavy atom. The molecule has 0 amide bonds. The third kappa shape index (κ3) is 2.41. The summed E-state index contributed by atoms with van der Waals surface area (Å²) in [7, 11) is -2.39. The number of benzene rings is 4. The second-order valence-electron chi connectivity index (χ2n) is 6.83. The van der Waals surface area contributed by atoms with Crippen LogP contribution in [0.5, 0.6) is 0 Å². The number of hydrogen-bond acceptors (Lipinski definition) is 0. The van der Waals surface area contributed by atoms with E-state index in [0.29, 0.717) is 0 Å². The molecule has 1 aliphatic rings. The number of hydrogen-bond donors (Lipinski definition) is 0. The highest BCUT2D eigenvalue weighted by molar-refractivity contribution is 9.10. The first kappa shape index (κ1) is 17.0. The first-order chi connectivity index (χ1) is 13.2. The van der Waals surface area contributed by atoms with Gasteiger partial charge in [-0.05, 0) is 44.5 Å².